The van der Waals surface area contributed by atoms with Crippen molar-refractivity contribution in [3.05, 3.63) is 29.8 Å². The fourth-order valence-electron chi connectivity index (χ4n) is 2.33. The Labute approximate surface area is 120 Å². The minimum atomic E-state index is -0.0726. The Morgan fingerprint density at radius 2 is 1.95 bits per heavy atom. The van der Waals surface area contributed by atoms with Crippen LogP contribution in [0.25, 0.3) is 0 Å². The highest BCUT2D eigenvalue weighted by Crippen LogP contribution is 2.16. The van der Waals surface area contributed by atoms with Crippen LogP contribution in [0.3, 0.4) is 0 Å². The lowest BCUT2D eigenvalue weighted by Crippen LogP contribution is -2.46. The number of nitrogens with zero attached hydrogens (tertiary/aromatic N) is 2. The third-order valence-electron chi connectivity index (χ3n) is 3.66. The van der Waals surface area contributed by atoms with E-state index in [4.69, 9.17) is 4.74 Å². The summed E-state index contributed by atoms with van der Waals surface area (Å²) in [5, 5.41) is 2.96. The third-order valence-corrected chi connectivity index (χ3v) is 3.66. The molecule has 1 fully saturated rings. The quantitative estimate of drug-likeness (QED) is 0.859. The first kappa shape index (κ1) is 14.8. The molecule has 2 rings (SSSR count). The monoisotopic (exact) mass is 277 g/mol. The normalized spacial score (nSPS) is 16.9. The predicted molar refractivity (Wildman–Crippen MR) is 79.3 cm³/mol. The zero-order valence-electron chi connectivity index (χ0n) is 12.3. The first-order valence-corrected chi connectivity index (χ1v) is 7.03. The van der Waals surface area contributed by atoms with Crippen LogP contribution >= 0.6 is 0 Å². The summed E-state index contributed by atoms with van der Waals surface area (Å²) >= 11 is 0. The number of methoxy groups -OCH3 is 1. The van der Waals surface area contributed by atoms with Gasteiger partial charge in [0.2, 0.25) is 0 Å². The molecule has 0 radical (unpaired) electrons. The highest BCUT2D eigenvalue weighted by atomic mass is 16.5. The number of benzene rings is 1. The zero-order valence-corrected chi connectivity index (χ0v) is 12.3. The smallest absolute Gasteiger partial charge is 0.255 e. The molecule has 1 N–H and O–H groups in total. The maximum Gasteiger partial charge on any atom is 0.255 e. The number of ether oxygens (including phenoxy) is 1. The van der Waals surface area contributed by atoms with E-state index in [0.717, 1.165) is 32.7 Å². The number of rotatable bonds is 5. The molecule has 1 aromatic carbocycles. The van der Waals surface area contributed by atoms with Crippen molar-refractivity contribution in [3.8, 4) is 5.75 Å². The van der Waals surface area contributed by atoms with Gasteiger partial charge in [0.1, 0.15) is 5.75 Å². The van der Waals surface area contributed by atoms with E-state index in [9.17, 15) is 4.79 Å². The Balaban J connectivity index is 1.78. The highest BCUT2D eigenvalue weighted by molar-refractivity contribution is 5.96. The molecule has 0 saturated carbocycles. The van der Waals surface area contributed by atoms with Crippen molar-refractivity contribution < 1.29 is 9.53 Å². The Hall–Kier alpha value is -1.59. The Kier molecular flexibility index (Phi) is 5.38. The Morgan fingerprint density at radius 3 is 2.65 bits per heavy atom. The minimum Gasteiger partial charge on any atom is -0.496 e. The topological polar surface area (TPSA) is 44.8 Å². The maximum atomic E-state index is 12.1. The van der Waals surface area contributed by atoms with Crippen LogP contribution in [0.1, 0.15) is 10.4 Å². The third kappa shape index (κ3) is 3.95. The summed E-state index contributed by atoms with van der Waals surface area (Å²) < 4.78 is 5.20. The highest BCUT2D eigenvalue weighted by Gasteiger charge is 2.14. The van der Waals surface area contributed by atoms with E-state index in [1.807, 2.05) is 12.1 Å². The van der Waals surface area contributed by atoms with Crippen molar-refractivity contribution in [3.63, 3.8) is 0 Å². The lowest BCUT2D eigenvalue weighted by molar-refractivity contribution is 0.0938. The maximum absolute atomic E-state index is 12.1. The van der Waals surface area contributed by atoms with Crippen LogP contribution in [-0.2, 0) is 0 Å². The molecule has 20 heavy (non-hydrogen) atoms. The summed E-state index contributed by atoms with van der Waals surface area (Å²) in [7, 11) is 3.72. The van der Waals surface area contributed by atoms with Gasteiger partial charge in [-0.2, -0.15) is 0 Å². The van der Waals surface area contributed by atoms with E-state index < -0.39 is 0 Å². The molecule has 0 atom stereocenters. The van der Waals surface area contributed by atoms with Crippen LogP contribution < -0.4 is 10.1 Å². The molecular formula is C15H23N3O2. The minimum absolute atomic E-state index is 0.0726. The van der Waals surface area contributed by atoms with Gasteiger partial charge in [0.25, 0.3) is 5.91 Å². The van der Waals surface area contributed by atoms with Crippen molar-refractivity contribution in [2.45, 2.75) is 0 Å². The summed E-state index contributed by atoms with van der Waals surface area (Å²) in [4.78, 5) is 16.8. The molecule has 1 heterocycles. The van der Waals surface area contributed by atoms with Crippen molar-refractivity contribution in [2.24, 2.45) is 0 Å². The van der Waals surface area contributed by atoms with Crippen LogP contribution in [0.5, 0.6) is 5.75 Å². The number of hydrogen-bond acceptors (Lipinski definition) is 4. The number of piperazine rings is 1. The van der Waals surface area contributed by atoms with E-state index in [-0.39, 0.29) is 5.91 Å². The number of hydrogen-bond donors (Lipinski definition) is 1. The molecule has 5 nitrogen and oxygen atoms in total. The zero-order chi connectivity index (χ0) is 14.4. The van der Waals surface area contributed by atoms with Gasteiger partial charge in [-0.05, 0) is 19.2 Å². The molecular weight excluding hydrogens is 254 g/mol. The van der Waals surface area contributed by atoms with Crippen LogP contribution in [0.4, 0.5) is 0 Å². The van der Waals surface area contributed by atoms with Crippen LogP contribution in [-0.4, -0.2) is 69.1 Å². The standard InChI is InChI=1S/C15H23N3O2/c1-17-9-11-18(12-10-17)8-7-16-15(19)13-5-3-4-6-14(13)20-2/h3-6H,7-12H2,1-2H3,(H,16,19). The van der Waals surface area contributed by atoms with Gasteiger partial charge >= 0.3 is 0 Å². The van der Waals surface area contributed by atoms with E-state index in [1.54, 1.807) is 19.2 Å². The fourth-order valence-corrected chi connectivity index (χ4v) is 2.33. The molecule has 5 heteroatoms. The lowest BCUT2D eigenvalue weighted by Gasteiger charge is -2.32. The molecule has 0 bridgehead atoms. The van der Waals surface area contributed by atoms with Gasteiger partial charge in [-0.15, -0.1) is 0 Å². The Morgan fingerprint density at radius 1 is 1.25 bits per heavy atom. The summed E-state index contributed by atoms with van der Waals surface area (Å²) in [5.74, 6) is 0.543. The second kappa shape index (κ2) is 7.26. The SMILES string of the molecule is COc1ccccc1C(=O)NCCN1CCN(C)CC1. The Bertz CT molecular complexity index is 442. The van der Waals surface area contributed by atoms with Gasteiger partial charge in [-0.25, -0.2) is 0 Å². The molecule has 1 saturated heterocycles. The average molecular weight is 277 g/mol. The molecule has 0 aromatic heterocycles. The summed E-state index contributed by atoms with van der Waals surface area (Å²) in [6.07, 6.45) is 0. The first-order valence-electron chi connectivity index (χ1n) is 7.03. The summed E-state index contributed by atoms with van der Waals surface area (Å²) in [6, 6.07) is 7.29. The van der Waals surface area contributed by atoms with Gasteiger partial charge in [0, 0.05) is 39.3 Å². The predicted octanol–water partition coefficient (Wildman–Crippen LogP) is 0.672. The number of carbonyl (C=O) groups is 1. The van der Waals surface area contributed by atoms with Crippen molar-refractivity contribution in [1.82, 2.24) is 15.1 Å². The van der Waals surface area contributed by atoms with Crippen LogP contribution in [0.15, 0.2) is 24.3 Å². The van der Waals surface area contributed by atoms with Gasteiger partial charge in [0.05, 0.1) is 12.7 Å². The molecule has 0 spiro atoms. The number of nitrogens with one attached hydrogen (secondary N) is 1. The van der Waals surface area contributed by atoms with Gasteiger partial charge in [-0.1, -0.05) is 12.1 Å². The van der Waals surface area contributed by atoms with Crippen LogP contribution in [0.2, 0.25) is 0 Å². The van der Waals surface area contributed by atoms with Gasteiger partial charge < -0.3 is 15.0 Å². The number of carbonyl (C=O) groups excluding carboxylic acids is 1. The van der Waals surface area contributed by atoms with E-state index >= 15 is 0 Å². The van der Waals surface area contributed by atoms with Crippen molar-refractivity contribution >= 4 is 5.91 Å². The second-order valence-electron chi connectivity index (χ2n) is 5.10. The van der Waals surface area contributed by atoms with Crippen molar-refractivity contribution in [2.75, 3.05) is 53.4 Å². The van der Waals surface area contributed by atoms with Gasteiger partial charge in [-0.3, -0.25) is 9.69 Å². The molecule has 0 aliphatic carbocycles. The molecule has 1 aliphatic heterocycles. The largest absolute Gasteiger partial charge is 0.496 e. The second-order valence-corrected chi connectivity index (χ2v) is 5.10. The van der Waals surface area contributed by atoms with Crippen molar-refractivity contribution in [1.29, 1.82) is 0 Å². The fraction of sp³-hybridized carbons (Fsp3) is 0.533. The lowest BCUT2D eigenvalue weighted by atomic mass is 10.2. The molecule has 1 aliphatic rings. The molecule has 1 amide bonds. The number of likely N-dealkylation sites (N-methyl/N-ethyl adjacent to an activating group) is 1. The number of para-hydroxylation sites is 1. The number of amides is 1. The van der Waals surface area contributed by atoms with Crippen LogP contribution in [0, 0.1) is 0 Å². The summed E-state index contributed by atoms with van der Waals surface area (Å²) in [5.41, 5.74) is 0.591. The summed E-state index contributed by atoms with van der Waals surface area (Å²) in [6.45, 7) is 5.90. The van der Waals surface area contributed by atoms with E-state index in [1.165, 1.54) is 0 Å². The molecule has 110 valence electrons. The first-order chi connectivity index (χ1) is 9.70. The molecule has 1 aromatic rings. The molecule has 0 unspecified atom stereocenters. The van der Waals surface area contributed by atoms with E-state index in [0.29, 0.717) is 17.9 Å². The van der Waals surface area contributed by atoms with E-state index in [2.05, 4.69) is 22.2 Å². The average Bonchev–Trinajstić information content (AvgIpc) is 2.49. The van der Waals surface area contributed by atoms with Gasteiger partial charge in [0.15, 0.2) is 0 Å².